The van der Waals surface area contributed by atoms with Crippen molar-refractivity contribution in [3.63, 3.8) is 0 Å². The van der Waals surface area contributed by atoms with Crippen molar-refractivity contribution in [3.05, 3.63) is 58.0 Å². The van der Waals surface area contributed by atoms with Gasteiger partial charge in [0.05, 0.1) is 23.3 Å². The number of carbonyl (C=O) groups excluding carboxylic acids is 1. The van der Waals surface area contributed by atoms with Crippen LogP contribution in [0.15, 0.2) is 40.9 Å². The molecule has 0 N–H and O–H groups in total. The quantitative estimate of drug-likeness (QED) is 0.244. The van der Waals surface area contributed by atoms with Crippen LogP contribution in [0.1, 0.15) is 29.1 Å². The number of esters is 1. The van der Waals surface area contributed by atoms with Crippen molar-refractivity contribution in [1.82, 2.24) is 10.1 Å². The third-order valence-electron chi connectivity index (χ3n) is 5.29. The first-order valence-electron chi connectivity index (χ1n) is 10.5. The predicted molar refractivity (Wildman–Crippen MR) is 117 cm³/mol. The minimum Gasteiger partial charge on any atom is -0.493 e. The van der Waals surface area contributed by atoms with Gasteiger partial charge in [-0.2, -0.15) is 13.8 Å². The molecule has 2 heterocycles. The standard InChI is InChI=1S/C22H20F2N4O7/c1-32-18-10-13(4-7-17(18)34-22(23)24)20-25-19(35-26-20)12-33-21(29)15-11-14(28(30)31)5-6-16(15)27-8-2-3-9-27/h4-7,10-11,22H,2-3,8-9,12H2,1H3. The van der Waals surface area contributed by atoms with Crippen LogP contribution in [0.25, 0.3) is 11.4 Å². The highest BCUT2D eigenvalue weighted by Crippen LogP contribution is 2.33. The van der Waals surface area contributed by atoms with E-state index in [0.29, 0.717) is 11.3 Å². The number of nitro benzene ring substituents is 1. The Labute approximate surface area is 197 Å². The Morgan fingerprint density at radius 1 is 1.20 bits per heavy atom. The van der Waals surface area contributed by atoms with E-state index in [9.17, 15) is 23.7 Å². The van der Waals surface area contributed by atoms with Crippen LogP contribution in [-0.4, -0.2) is 47.8 Å². The van der Waals surface area contributed by atoms with Gasteiger partial charge in [-0.25, -0.2) is 4.79 Å². The summed E-state index contributed by atoms with van der Waals surface area (Å²) in [4.78, 5) is 29.5. The fraction of sp³-hybridized carbons (Fsp3) is 0.318. The van der Waals surface area contributed by atoms with E-state index in [2.05, 4.69) is 14.9 Å². The highest BCUT2D eigenvalue weighted by atomic mass is 19.3. The van der Waals surface area contributed by atoms with Crippen molar-refractivity contribution < 1.29 is 37.2 Å². The van der Waals surface area contributed by atoms with Gasteiger partial charge in [0.2, 0.25) is 5.82 Å². The van der Waals surface area contributed by atoms with E-state index >= 15 is 0 Å². The van der Waals surface area contributed by atoms with Crippen LogP contribution < -0.4 is 14.4 Å². The van der Waals surface area contributed by atoms with E-state index < -0.39 is 17.5 Å². The summed E-state index contributed by atoms with van der Waals surface area (Å²) >= 11 is 0. The molecule has 0 unspecified atom stereocenters. The molecule has 1 fully saturated rings. The van der Waals surface area contributed by atoms with E-state index in [-0.39, 0.29) is 41.1 Å². The number of alkyl halides is 2. The molecule has 35 heavy (non-hydrogen) atoms. The Morgan fingerprint density at radius 2 is 1.97 bits per heavy atom. The summed E-state index contributed by atoms with van der Waals surface area (Å²) in [5.74, 6) is -0.819. The highest BCUT2D eigenvalue weighted by molar-refractivity contribution is 5.96. The summed E-state index contributed by atoms with van der Waals surface area (Å²) in [5, 5.41) is 15.0. The zero-order valence-electron chi connectivity index (χ0n) is 18.5. The first-order valence-corrected chi connectivity index (χ1v) is 10.5. The molecule has 0 amide bonds. The van der Waals surface area contributed by atoms with Gasteiger partial charge < -0.3 is 23.6 Å². The molecule has 1 aliphatic heterocycles. The minimum absolute atomic E-state index is 0.0339. The van der Waals surface area contributed by atoms with E-state index in [0.717, 1.165) is 25.9 Å². The number of hydrogen-bond donors (Lipinski definition) is 0. The number of aromatic nitrogens is 2. The minimum atomic E-state index is -3.02. The fourth-order valence-corrected chi connectivity index (χ4v) is 3.67. The molecule has 1 saturated heterocycles. The Morgan fingerprint density at radius 3 is 2.66 bits per heavy atom. The molecule has 0 bridgehead atoms. The van der Waals surface area contributed by atoms with Crippen LogP contribution in [0.4, 0.5) is 20.2 Å². The molecular weight excluding hydrogens is 470 g/mol. The number of non-ortho nitro benzene ring substituents is 1. The first-order chi connectivity index (χ1) is 16.9. The summed E-state index contributed by atoms with van der Waals surface area (Å²) in [5.41, 5.74) is 0.788. The Bertz CT molecular complexity index is 1230. The number of hydrogen-bond acceptors (Lipinski definition) is 10. The number of ether oxygens (including phenoxy) is 3. The number of carbonyl (C=O) groups is 1. The molecule has 0 atom stereocenters. The van der Waals surface area contributed by atoms with Crippen molar-refractivity contribution in [2.45, 2.75) is 26.1 Å². The van der Waals surface area contributed by atoms with Gasteiger partial charge in [0.1, 0.15) is 0 Å². The largest absolute Gasteiger partial charge is 0.493 e. The average Bonchev–Trinajstić information content (AvgIpc) is 3.54. The summed E-state index contributed by atoms with van der Waals surface area (Å²) in [6, 6.07) is 8.18. The number of anilines is 1. The fourth-order valence-electron chi connectivity index (χ4n) is 3.67. The zero-order chi connectivity index (χ0) is 24.9. The Kier molecular flexibility index (Phi) is 7.03. The molecule has 0 saturated carbocycles. The molecule has 0 aliphatic carbocycles. The molecule has 0 spiro atoms. The summed E-state index contributed by atoms with van der Waals surface area (Å²) in [7, 11) is 1.29. The van der Waals surface area contributed by atoms with Gasteiger partial charge >= 0.3 is 12.6 Å². The van der Waals surface area contributed by atoms with Gasteiger partial charge in [-0.1, -0.05) is 5.16 Å². The number of benzene rings is 2. The predicted octanol–water partition coefficient (Wildman–Crippen LogP) is 4.21. The number of halogens is 2. The first kappa shape index (κ1) is 23.9. The molecule has 1 aliphatic rings. The Balaban J connectivity index is 1.49. The van der Waals surface area contributed by atoms with Gasteiger partial charge in [-0.3, -0.25) is 10.1 Å². The highest BCUT2D eigenvalue weighted by Gasteiger charge is 2.24. The molecule has 0 radical (unpaired) electrons. The molecule has 13 heteroatoms. The molecule has 2 aromatic carbocycles. The van der Waals surface area contributed by atoms with Crippen molar-refractivity contribution >= 4 is 17.3 Å². The lowest BCUT2D eigenvalue weighted by Gasteiger charge is -2.20. The Hall–Kier alpha value is -4.29. The maximum Gasteiger partial charge on any atom is 0.387 e. The second-order valence-corrected chi connectivity index (χ2v) is 7.48. The SMILES string of the molecule is COc1cc(-c2noc(COC(=O)c3cc([N+](=O)[O-])ccc3N3CCCC3)n2)ccc1OC(F)F. The smallest absolute Gasteiger partial charge is 0.387 e. The maximum atomic E-state index is 12.8. The number of methoxy groups -OCH3 is 1. The average molecular weight is 490 g/mol. The van der Waals surface area contributed by atoms with Gasteiger partial charge in [0.15, 0.2) is 18.1 Å². The number of rotatable bonds is 9. The summed E-state index contributed by atoms with van der Waals surface area (Å²) in [6.45, 7) is -1.93. The monoisotopic (exact) mass is 490 g/mol. The lowest BCUT2D eigenvalue weighted by atomic mass is 10.1. The van der Waals surface area contributed by atoms with Gasteiger partial charge in [-0.05, 0) is 37.1 Å². The van der Waals surface area contributed by atoms with E-state index in [1.165, 1.54) is 37.4 Å². The zero-order valence-corrected chi connectivity index (χ0v) is 18.5. The van der Waals surface area contributed by atoms with E-state index in [1.807, 2.05) is 4.90 Å². The number of nitrogens with zero attached hydrogens (tertiary/aromatic N) is 4. The van der Waals surface area contributed by atoms with Crippen molar-refractivity contribution in [2.24, 2.45) is 0 Å². The van der Waals surface area contributed by atoms with Crippen molar-refractivity contribution in [3.8, 4) is 22.9 Å². The van der Waals surface area contributed by atoms with Crippen molar-refractivity contribution in [2.75, 3.05) is 25.1 Å². The lowest BCUT2D eigenvalue weighted by Crippen LogP contribution is -2.21. The van der Waals surface area contributed by atoms with Crippen LogP contribution in [-0.2, 0) is 11.3 Å². The molecule has 3 aromatic rings. The van der Waals surface area contributed by atoms with Crippen LogP contribution in [0.2, 0.25) is 0 Å². The summed E-state index contributed by atoms with van der Waals surface area (Å²) < 4.78 is 44.9. The van der Waals surface area contributed by atoms with Crippen LogP contribution in [0, 0.1) is 10.1 Å². The second kappa shape index (κ2) is 10.3. The van der Waals surface area contributed by atoms with Crippen LogP contribution in [0.5, 0.6) is 11.5 Å². The topological polar surface area (TPSA) is 130 Å². The second-order valence-electron chi connectivity index (χ2n) is 7.48. The summed E-state index contributed by atoms with van der Waals surface area (Å²) in [6.07, 6.45) is 1.91. The number of nitro groups is 1. The third kappa shape index (κ3) is 5.45. The van der Waals surface area contributed by atoms with Crippen molar-refractivity contribution in [1.29, 1.82) is 0 Å². The maximum absolute atomic E-state index is 12.8. The van der Waals surface area contributed by atoms with Gasteiger partial charge in [0, 0.05) is 30.8 Å². The van der Waals surface area contributed by atoms with Crippen LogP contribution in [0.3, 0.4) is 0 Å². The molecular formula is C22H20F2N4O7. The molecule has 184 valence electrons. The van der Waals surface area contributed by atoms with E-state index in [1.54, 1.807) is 6.07 Å². The normalized spacial score (nSPS) is 13.2. The molecule has 11 nitrogen and oxygen atoms in total. The molecule has 1 aromatic heterocycles. The van der Waals surface area contributed by atoms with Crippen LogP contribution >= 0.6 is 0 Å². The lowest BCUT2D eigenvalue weighted by molar-refractivity contribution is -0.384. The van der Waals surface area contributed by atoms with Gasteiger partial charge in [-0.15, -0.1) is 0 Å². The molecule has 4 rings (SSSR count). The van der Waals surface area contributed by atoms with E-state index in [4.69, 9.17) is 14.0 Å². The van der Waals surface area contributed by atoms with Gasteiger partial charge in [0.25, 0.3) is 11.6 Å². The third-order valence-corrected chi connectivity index (χ3v) is 5.29.